The Balaban J connectivity index is 1.45. The summed E-state index contributed by atoms with van der Waals surface area (Å²) in [6.07, 6.45) is 4.98. The zero-order valence-corrected chi connectivity index (χ0v) is 19.2. The molecule has 34 heavy (non-hydrogen) atoms. The van der Waals surface area contributed by atoms with Gasteiger partial charge < -0.3 is 19.3 Å². The van der Waals surface area contributed by atoms with E-state index in [1.165, 1.54) is 0 Å². The van der Waals surface area contributed by atoms with Crippen LogP contribution in [0.1, 0.15) is 28.1 Å². The first-order valence-corrected chi connectivity index (χ1v) is 11.6. The Hall–Kier alpha value is -3.49. The summed E-state index contributed by atoms with van der Waals surface area (Å²) in [5.74, 6) is 0.896. The fourth-order valence-electron chi connectivity index (χ4n) is 4.72. The molecule has 0 radical (unpaired) electrons. The number of benzene rings is 1. The summed E-state index contributed by atoms with van der Waals surface area (Å²) in [5, 5.41) is 12.7. The molecule has 8 nitrogen and oxygen atoms in total. The number of ether oxygens (including phenoxy) is 1. The lowest BCUT2D eigenvalue weighted by atomic mass is 9.98. The SMILES string of the molecule is COCCN1CCN(C(=O)c2cc(-c3ccc4c(c3)CC/C4=N\O)c(-c3ccncc3)o2)CC1. The van der Waals surface area contributed by atoms with E-state index in [1.54, 1.807) is 19.5 Å². The predicted molar refractivity (Wildman–Crippen MR) is 128 cm³/mol. The second-order valence-electron chi connectivity index (χ2n) is 8.63. The van der Waals surface area contributed by atoms with Gasteiger partial charge in [-0.05, 0) is 42.2 Å². The highest BCUT2D eigenvalue weighted by molar-refractivity contribution is 6.05. The fourth-order valence-corrected chi connectivity index (χ4v) is 4.72. The topological polar surface area (TPSA) is 91.4 Å². The zero-order valence-electron chi connectivity index (χ0n) is 19.2. The standard InChI is InChI=1S/C26H28N4O4/c1-33-15-14-29-10-12-30(13-11-29)26(31)24-17-22(25(34-24)18-6-8-27-9-7-18)20-2-4-21-19(16-20)3-5-23(21)28-32/h2,4,6-9,16-17,32H,3,5,10-15H2,1H3/b28-23+. The maximum absolute atomic E-state index is 13.4. The molecular formula is C26H28N4O4. The second kappa shape index (κ2) is 9.79. The summed E-state index contributed by atoms with van der Waals surface area (Å²) >= 11 is 0. The lowest BCUT2D eigenvalue weighted by molar-refractivity contribution is 0.0566. The number of carbonyl (C=O) groups is 1. The molecule has 1 N–H and O–H groups in total. The van der Waals surface area contributed by atoms with Gasteiger partial charge in [-0.15, -0.1) is 0 Å². The molecule has 2 aliphatic rings. The Morgan fingerprint density at radius 1 is 1.06 bits per heavy atom. The van der Waals surface area contributed by atoms with E-state index < -0.39 is 0 Å². The molecule has 0 spiro atoms. The van der Waals surface area contributed by atoms with E-state index in [0.29, 0.717) is 36.9 Å². The summed E-state index contributed by atoms with van der Waals surface area (Å²) in [6.45, 7) is 4.52. The van der Waals surface area contributed by atoms with Crippen LogP contribution in [0.3, 0.4) is 0 Å². The molecule has 5 rings (SSSR count). The highest BCUT2D eigenvalue weighted by atomic mass is 16.5. The minimum Gasteiger partial charge on any atom is -0.450 e. The number of hydrogen-bond acceptors (Lipinski definition) is 7. The molecule has 3 aromatic rings. The van der Waals surface area contributed by atoms with Crippen molar-refractivity contribution in [3.05, 3.63) is 65.7 Å². The minimum absolute atomic E-state index is 0.0937. The number of oxime groups is 1. The Kier molecular flexibility index (Phi) is 6.42. The molecule has 1 saturated heterocycles. The summed E-state index contributed by atoms with van der Waals surface area (Å²) in [7, 11) is 1.70. The van der Waals surface area contributed by atoms with Crippen molar-refractivity contribution in [2.75, 3.05) is 46.4 Å². The van der Waals surface area contributed by atoms with Gasteiger partial charge in [0, 0.05) is 68.9 Å². The Bertz CT molecular complexity index is 1200. The van der Waals surface area contributed by atoms with Crippen molar-refractivity contribution in [3.8, 4) is 22.5 Å². The number of hydrogen-bond donors (Lipinski definition) is 1. The van der Waals surface area contributed by atoms with Crippen LogP contribution in [-0.4, -0.2) is 78.1 Å². The van der Waals surface area contributed by atoms with Crippen LogP contribution in [0.5, 0.6) is 0 Å². The maximum atomic E-state index is 13.4. The third-order valence-corrected chi connectivity index (χ3v) is 6.64. The van der Waals surface area contributed by atoms with Gasteiger partial charge in [0.05, 0.1) is 12.3 Å². The van der Waals surface area contributed by atoms with Crippen LogP contribution in [0.2, 0.25) is 0 Å². The van der Waals surface area contributed by atoms with Crippen molar-refractivity contribution in [1.29, 1.82) is 0 Å². The maximum Gasteiger partial charge on any atom is 0.289 e. The van der Waals surface area contributed by atoms with Gasteiger partial charge in [0.25, 0.3) is 5.91 Å². The normalized spacial score (nSPS) is 17.3. The predicted octanol–water partition coefficient (Wildman–Crippen LogP) is 3.54. The molecule has 2 aromatic heterocycles. The van der Waals surface area contributed by atoms with Crippen molar-refractivity contribution < 1.29 is 19.2 Å². The Labute approximate surface area is 198 Å². The number of nitrogens with zero attached hydrogens (tertiary/aromatic N) is 4. The van der Waals surface area contributed by atoms with Gasteiger partial charge in [-0.1, -0.05) is 23.4 Å². The van der Waals surface area contributed by atoms with E-state index in [-0.39, 0.29) is 5.91 Å². The number of furan rings is 1. The number of pyridine rings is 1. The molecule has 1 aromatic carbocycles. The van der Waals surface area contributed by atoms with Crippen LogP contribution in [0.25, 0.3) is 22.5 Å². The number of carbonyl (C=O) groups excluding carboxylic acids is 1. The number of fused-ring (bicyclic) bond motifs is 1. The highest BCUT2D eigenvalue weighted by Crippen LogP contribution is 2.37. The summed E-state index contributed by atoms with van der Waals surface area (Å²) in [6, 6.07) is 11.7. The van der Waals surface area contributed by atoms with Gasteiger partial charge in [-0.25, -0.2) is 0 Å². The van der Waals surface area contributed by atoms with Crippen molar-refractivity contribution in [1.82, 2.24) is 14.8 Å². The second-order valence-corrected chi connectivity index (χ2v) is 8.63. The molecule has 1 aliphatic carbocycles. The molecule has 0 unspecified atom stereocenters. The van der Waals surface area contributed by atoms with E-state index in [0.717, 1.165) is 60.3 Å². The number of aryl methyl sites for hydroxylation is 1. The van der Waals surface area contributed by atoms with E-state index in [9.17, 15) is 10.0 Å². The third-order valence-electron chi connectivity index (χ3n) is 6.64. The minimum atomic E-state index is -0.0937. The van der Waals surface area contributed by atoms with Crippen molar-refractivity contribution in [2.24, 2.45) is 5.16 Å². The smallest absolute Gasteiger partial charge is 0.289 e. The lowest BCUT2D eigenvalue weighted by Crippen LogP contribution is -2.49. The van der Waals surface area contributed by atoms with Crippen molar-refractivity contribution >= 4 is 11.6 Å². The molecule has 8 heteroatoms. The Morgan fingerprint density at radius 3 is 2.59 bits per heavy atom. The number of amides is 1. The largest absolute Gasteiger partial charge is 0.450 e. The fraction of sp³-hybridized carbons (Fsp3) is 0.346. The highest BCUT2D eigenvalue weighted by Gasteiger charge is 2.27. The zero-order chi connectivity index (χ0) is 23.5. The van der Waals surface area contributed by atoms with Gasteiger partial charge in [0.1, 0.15) is 5.76 Å². The average molecular weight is 461 g/mol. The van der Waals surface area contributed by atoms with Crippen LogP contribution in [0.15, 0.2) is 58.4 Å². The molecule has 0 bridgehead atoms. The lowest BCUT2D eigenvalue weighted by Gasteiger charge is -2.34. The van der Waals surface area contributed by atoms with Gasteiger partial charge in [-0.2, -0.15) is 0 Å². The number of aromatic nitrogens is 1. The molecule has 1 aliphatic heterocycles. The van der Waals surface area contributed by atoms with Crippen LogP contribution in [-0.2, 0) is 11.2 Å². The molecule has 0 saturated carbocycles. The van der Waals surface area contributed by atoms with Gasteiger partial charge in [0.2, 0.25) is 0 Å². The van der Waals surface area contributed by atoms with E-state index in [4.69, 9.17) is 9.15 Å². The van der Waals surface area contributed by atoms with Crippen molar-refractivity contribution in [3.63, 3.8) is 0 Å². The van der Waals surface area contributed by atoms with Crippen LogP contribution < -0.4 is 0 Å². The van der Waals surface area contributed by atoms with Gasteiger partial charge in [-0.3, -0.25) is 14.7 Å². The van der Waals surface area contributed by atoms with Gasteiger partial charge in [0.15, 0.2) is 5.76 Å². The van der Waals surface area contributed by atoms with E-state index in [1.807, 2.05) is 35.2 Å². The van der Waals surface area contributed by atoms with Crippen LogP contribution >= 0.6 is 0 Å². The summed E-state index contributed by atoms with van der Waals surface area (Å²) < 4.78 is 11.4. The number of rotatable bonds is 6. The first-order valence-electron chi connectivity index (χ1n) is 11.6. The molecule has 1 amide bonds. The third kappa shape index (κ3) is 4.34. The number of methoxy groups -OCH3 is 1. The van der Waals surface area contributed by atoms with Crippen LogP contribution in [0.4, 0.5) is 0 Å². The molecule has 0 atom stereocenters. The quantitative estimate of drug-likeness (QED) is 0.447. The summed E-state index contributed by atoms with van der Waals surface area (Å²) in [4.78, 5) is 21.6. The monoisotopic (exact) mass is 460 g/mol. The Morgan fingerprint density at radius 2 is 1.85 bits per heavy atom. The first kappa shape index (κ1) is 22.3. The van der Waals surface area contributed by atoms with Crippen molar-refractivity contribution in [2.45, 2.75) is 12.8 Å². The van der Waals surface area contributed by atoms with E-state index in [2.05, 4.69) is 21.1 Å². The molecule has 3 heterocycles. The molecular weight excluding hydrogens is 432 g/mol. The van der Waals surface area contributed by atoms with Gasteiger partial charge >= 0.3 is 0 Å². The molecule has 176 valence electrons. The molecule has 1 fully saturated rings. The average Bonchev–Trinajstić information content (AvgIpc) is 3.52. The van der Waals surface area contributed by atoms with Crippen LogP contribution in [0, 0.1) is 0 Å². The summed E-state index contributed by atoms with van der Waals surface area (Å²) in [5.41, 5.74) is 5.52. The number of piperazine rings is 1. The first-order chi connectivity index (χ1) is 16.7. The van der Waals surface area contributed by atoms with E-state index >= 15 is 0 Å².